The Kier molecular flexibility index (Phi) is 19.2. The molecule has 4 nitrogen and oxygen atoms in total. The van der Waals surface area contributed by atoms with Gasteiger partial charge in [0.05, 0.1) is 4.90 Å². The van der Waals surface area contributed by atoms with Gasteiger partial charge in [-0.1, -0.05) is 110 Å². The molecule has 1 N–H and O–H groups in total. The number of benzene rings is 1. The summed E-state index contributed by atoms with van der Waals surface area (Å²) in [4.78, 5) is -0.445. The van der Waals surface area contributed by atoms with Crippen LogP contribution in [0.15, 0.2) is 17.0 Å². The summed E-state index contributed by atoms with van der Waals surface area (Å²) in [5.41, 5.74) is 1.46. The molecule has 1 aromatic rings. The molecule has 1 aromatic carbocycles. The van der Waals surface area contributed by atoms with E-state index < -0.39 is 15.0 Å². The van der Waals surface area contributed by atoms with E-state index in [4.69, 9.17) is 0 Å². The van der Waals surface area contributed by atoms with E-state index in [2.05, 4.69) is 13.8 Å². The van der Waals surface area contributed by atoms with Crippen LogP contribution in [0.3, 0.4) is 0 Å². The fraction of sp³-hybridized carbons (Fsp3) is 0.769. The van der Waals surface area contributed by atoms with Gasteiger partial charge in [0.2, 0.25) is 0 Å². The molecule has 0 atom stereocenters. The minimum absolute atomic E-state index is 0. The summed E-state index contributed by atoms with van der Waals surface area (Å²) >= 11 is 0. The van der Waals surface area contributed by atoms with Crippen LogP contribution >= 0.6 is 0 Å². The molecule has 0 spiro atoms. The minimum Gasteiger partial charge on any atom is -0.744 e. The molecule has 0 heterocycles. The van der Waals surface area contributed by atoms with E-state index in [-0.39, 0.29) is 35.3 Å². The van der Waals surface area contributed by atoms with Gasteiger partial charge in [-0.05, 0) is 42.9 Å². The van der Waals surface area contributed by atoms with Crippen LogP contribution in [0.25, 0.3) is 0 Å². The maximum Gasteiger partial charge on any atom is 1.00 e. The molecular weight excluding hydrogens is 431 g/mol. The first kappa shape index (κ1) is 31.9. The Morgan fingerprint density at radius 3 is 1.53 bits per heavy atom. The maximum atomic E-state index is 11.6. The monoisotopic (exact) mass is 476 g/mol. The Morgan fingerprint density at radius 1 is 0.688 bits per heavy atom. The number of hydrogen-bond acceptors (Lipinski definition) is 4. The summed E-state index contributed by atoms with van der Waals surface area (Å²) in [5, 5.41) is 10.4. The summed E-state index contributed by atoms with van der Waals surface area (Å²) < 4.78 is 34.9. The van der Waals surface area contributed by atoms with Crippen LogP contribution in [0.2, 0.25) is 0 Å². The van der Waals surface area contributed by atoms with Crippen molar-refractivity contribution < 1.29 is 47.6 Å². The standard InChI is InChI=1S/C26H46O4S.Na/c1-3-5-7-9-11-13-15-17-19-23-21-24(26(27)25(22-23)31(28,29)30)20-18-16-14-12-10-8-6-4-2;/h21-22,27H,3-20H2,1-2H3,(H,28,29,30);/q;+1/p-1. The van der Waals surface area contributed by atoms with E-state index in [1.165, 1.54) is 76.7 Å². The molecular formula is C26H45NaO4S. The van der Waals surface area contributed by atoms with E-state index >= 15 is 0 Å². The van der Waals surface area contributed by atoms with Gasteiger partial charge in [-0.15, -0.1) is 0 Å². The first-order chi connectivity index (χ1) is 14.9. The van der Waals surface area contributed by atoms with Crippen molar-refractivity contribution in [3.8, 4) is 5.75 Å². The van der Waals surface area contributed by atoms with Gasteiger partial charge in [-0.25, -0.2) is 8.42 Å². The van der Waals surface area contributed by atoms with Gasteiger partial charge in [0.25, 0.3) is 0 Å². The second-order valence-corrected chi connectivity index (χ2v) is 10.4. The van der Waals surface area contributed by atoms with Gasteiger partial charge >= 0.3 is 29.6 Å². The Hall–Kier alpha value is -0.0700. The zero-order valence-corrected chi connectivity index (χ0v) is 23.8. The van der Waals surface area contributed by atoms with E-state index in [9.17, 15) is 18.1 Å². The van der Waals surface area contributed by atoms with Crippen LogP contribution in [0, 0.1) is 0 Å². The third-order valence-electron chi connectivity index (χ3n) is 6.10. The average molecular weight is 477 g/mol. The van der Waals surface area contributed by atoms with Crippen LogP contribution in [-0.2, 0) is 23.0 Å². The van der Waals surface area contributed by atoms with Crippen molar-refractivity contribution in [3.63, 3.8) is 0 Å². The predicted molar refractivity (Wildman–Crippen MR) is 129 cm³/mol. The average Bonchev–Trinajstić information content (AvgIpc) is 2.72. The number of unbranched alkanes of at least 4 members (excludes halogenated alkanes) is 14. The topological polar surface area (TPSA) is 77.4 Å². The zero-order chi connectivity index (χ0) is 23.0. The van der Waals surface area contributed by atoms with Gasteiger partial charge in [-0.2, -0.15) is 0 Å². The van der Waals surface area contributed by atoms with Gasteiger partial charge < -0.3 is 9.66 Å². The second kappa shape index (κ2) is 19.3. The van der Waals surface area contributed by atoms with Gasteiger partial charge in [0.1, 0.15) is 15.9 Å². The largest absolute Gasteiger partial charge is 1.00 e. The smallest absolute Gasteiger partial charge is 0.744 e. The first-order valence-corrected chi connectivity index (χ1v) is 14.1. The van der Waals surface area contributed by atoms with E-state index in [0.29, 0.717) is 12.0 Å². The fourth-order valence-corrected chi connectivity index (χ4v) is 4.83. The van der Waals surface area contributed by atoms with Crippen LogP contribution in [0.5, 0.6) is 5.75 Å². The molecule has 0 aliphatic heterocycles. The van der Waals surface area contributed by atoms with E-state index in [1.807, 2.05) is 6.07 Å². The molecule has 1 rings (SSSR count). The van der Waals surface area contributed by atoms with Crippen molar-refractivity contribution in [2.75, 3.05) is 0 Å². The molecule has 0 unspecified atom stereocenters. The third kappa shape index (κ3) is 14.2. The van der Waals surface area contributed by atoms with Crippen LogP contribution in [-0.4, -0.2) is 18.1 Å². The van der Waals surface area contributed by atoms with E-state index in [1.54, 1.807) is 0 Å². The molecule has 0 radical (unpaired) electrons. The van der Waals surface area contributed by atoms with Crippen molar-refractivity contribution in [2.45, 2.75) is 134 Å². The Labute approximate surface area is 220 Å². The summed E-state index contributed by atoms with van der Waals surface area (Å²) in [5.74, 6) is -0.336. The van der Waals surface area contributed by atoms with Crippen molar-refractivity contribution in [3.05, 3.63) is 23.3 Å². The molecule has 32 heavy (non-hydrogen) atoms. The molecule has 0 aromatic heterocycles. The fourth-order valence-electron chi connectivity index (χ4n) is 4.17. The van der Waals surface area contributed by atoms with Crippen molar-refractivity contribution in [2.24, 2.45) is 0 Å². The number of hydrogen-bond donors (Lipinski definition) is 1. The summed E-state index contributed by atoms with van der Waals surface area (Å²) in [6.07, 6.45) is 20.5. The summed E-state index contributed by atoms with van der Waals surface area (Å²) in [6, 6.07) is 3.29. The Balaban J connectivity index is 0.00000961. The van der Waals surface area contributed by atoms with Crippen LogP contribution < -0.4 is 29.6 Å². The second-order valence-electron chi connectivity index (χ2n) is 9.01. The first-order valence-electron chi connectivity index (χ1n) is 12.7. The van der Waals surface area contributed by atoms with Crippen molar-refractivity contribution in [1.82, 2.24) is 0 Å². The number of phenols is 1. The zero-order valence-electron chi connectivity index (χ0n) is 21.0. The molecule has 0 bridgehead atoms. The normalized spacial score (nSPS) is 11.5. The molecule has 0 saturated carbocycles. The van der Waals surface area contributed by atoms with Crippen molar-refractivity contribution >= 4 is 10.1 Å². The molecule has 0 amide bonds. The van der Waals surface area contributed by atoms with Gasteiger partial charge in [0.15, 0.2) is 0 Å². The predicted octanol–water partition coefficient (Wildman–Crippen LogP) is 4.67. The molecule has 0 aliphatic carbocycles. The van der Waals surface area contributed by atoms with Gasteiger partial charge in [-0.3, -0.25) is 0 Å². The summed E-state index contributed by atoms with van der Waals surface area (Å²) in [6.45, 7) is 4.43. The van der Waals surface area contributed by atoms with Crippen LogP contribution in [0.4, 0.5) is 0 Å². The quantitative estimate of drug-likeness (QED) is 0.179. The third-order valence-corrected chi connectivity index (χ3v) is 6.95. The molecule has 0 aliphatic rings. The molecule has 0 fully saturated rings. The number of aromatic hydroxyl groups is 1. The van der Waals surface area contributed by atoms with Crippen molar-refractivity contribution in [1.29, 1.82) is 0 Å². The molecule has 180 valence electrons. The van der Waals surface area contributed by atoms with Crippen LogP contribution in [0.1, 0.15) is 128 Å². The number of aryl methyl sites for hydroxylation is 2. The SMILES string of the molecule is CCCCCCCCCCc1cc(CCCCCCCCCC)c(O)c(S(=O)(=O)[O-])c1.[Na+]. The minimum atomic E-state index is -4.67. The number of phenolic OH excluding ortho intramolecular Hbond substituents is 1. The maximum absolute atomic E-state index is 11.6. The Morgan fingerprint density at radius 2 is 1.09 bits per heavy atom. The van der Waals surface area contributed by atoms with Gasteiger partial charge in [0, 0.05) is 0 Å². The molecule has 0 saturated heterocycles. The Bertz CT molecular complexity index is 704. The number of rotatable bonds is 19. The van der Waals surface area contributed by atoms with E-state index in [0.717, 1.165) is 44.1 Å². The molecule has 6 heteroatoms. The summed E-state index contributed by atoms with van der Waals surface area (Å²) in [7, 11) is -4.67.